The number of thiophene rings is 1. The molecule has 0 bridgehead atoms. The Bertz CT molecular complexity index is 733. The Kier molecular flexibility index (Phi) is 4.08. The van der Waals surface area contributed by atoms with Crippen molar-refractivity contribution in [2.45, 2.75) is 19.9 Å². The first-order chi connectivity index (χ1) is 9.78. The molecule has 3 heteroatoms. The van der Waals surface area contributed by atoms with Crippen molar-refractivity contribution in [2.75, 3.05) is 5.32 Å². The smallest absolute Gasteiger partial charge is 0.0415 e. The molecule has 0 amide bonds. The van der Waals surface area contributed by atoms with Gasteiger partial charge in [-0.2, -0.15) is 0 Å². The van der Waals surface area contributed by atoms with E-state index in [1.165, 1.54) is 26.9 Å². The molecule has 0 spiro atoms. The lowest BCUT2D eigenvalue weighted by molar-refractivity contribution is 1.10. The summed E-state index contributed by atoms with van der Waals surface area (Å²) in [6.07, 6.45) is 1.03. The van der Waals surface area contributed by atoms with Gasteiger partial charge in [0.15, 0.2) is 0 Å². The van der Waals surface area contributed by atoms with E-state index in [9.17, 15) is 0 Å². The summed E-state index contributed by atoms with van der Waals surface area (Å²) in [6, 6.07) is 15.0. The maximum atomic E-state index is 3.57. The number of halogens is 1. The van der Waals surface area contributed by atoms with Crippen molar-refractivity contribution >= 4 is 43.0 Å². The van der Waals surface area contributed by atoms with Gasteiger partial charge in [-0.1, -0.05) is 41.1 Å². The summed E-state index contributed by atoms with van der Waals surface area (Å²) in [6.45, 7) is 3.06. The lowest BCUT2D eigenvalue weighted by Crippen LogP contribution is -2.01. The van der Waals surface area contributed by atoms with E-state index in [-0.39, 0.29) is 0 Å². The van der Waals surface area contributed by atoms with Gasteiger partial charge >= 0.3 is 0 Å². The quantitative estimate of drug-likeness (QED) is 0.626. The van der Waals surface area contributed by atoms with E-state index in [0.29, 0.717) is 0 Å². The van der Waals surface area contributed by atoms with E-state index in [2.05, 4.69) is 76.0 Å². The van der Waals surface area contributed by atoms with Crippen LogP contribution in [0.5, 0.6) is 0 Å². The number of hydrogen-bond donors (Lipinski definition) is 1. The molecule has 1 N–H and O–H groups in total. The van der Waals surface area contributed by atoms with Crippen LogP contribution in [-0.4, -0.2) is 0 Å². The summed E-state index contributed by atoms with van der Waals surface area (Å²) in [7, 11) is 0. The van der Waals surface area contributed by atoms with E-state index in [1.807, 2.05) is 11.3 Å². The monoisotopic (exact) mass is 345 g/mol. The van der Waals surface area contributed by atoms with Gasteiger partial charge in [0.1, 0.15) is 0 Å². The van der Waals surface area contributed by atoms with Gasteiger partial charge in [0.05, 0.1) is 0 Å². The fraction of sp³-hybridized carbons (Fsp3) is 0.176. The predicted octanol–water partition coefficient (Wildman–Crippen LogP) is 5.84. The number of nitrogens with one attached hydrogen (secondary N) is 1. The standard InChI is InChI=1S/C17H16BrNS/c1-2-12-9-14(18)7-8-16(12)19-10-13-11-20-17-6-4-3-5-15(13)17/h3-9,11,19H,2,10H2,1H3. The SMILES string of the molecule is CCc1cc(Br)ccc1NCc1csc2ccccc12. The molecule has 2 aromatic carbocycles. The summed E-state index contributed by atoms with van der Waals surface area (Å²) < 4.78 is 2.50. The van der Waals surface area contributed by atoms with Gasteiger partial charge in [0, 0.05) is 21.4 Å². The molecule has 102 valence electrons. The van der Waals surface area contributed by atoms with Crippen molar-refractivity contribution in [1.82, 2.24) is 0 Å². The van der Waals surface area contributed by atoms with Gasteiger partial charge < -0.3 is 5.32 Å². The molecule has 3 aromatic rings. The second-order valence-electron chi connectivity index (χ2n) is 4.77. The third-order valence-electron chi connectivity index (χ3n) is 3.48. The molecule has 0 unspecified atom stereocenters. The largest absolute Gasteiger partial charge is 0.381 e. The van der Waals surface area contributed by atoms with Gasteiger partial charge in [-0.3, -0.25) is 0 Å². The molecule has 0 fully saturated rings. The molecule has 1 nitrogen and oxygen atoms in total. The molecule has 20 heavy (non-hydrogen) atoms. The van der Waals surface area contributed by atoms with E-state index >= 15 is 0 Å². The van der Waals surface area contributed by atoms with Crippen LogP contribution in [0, 0.1) is 0 Å². The minimum absolute atomic E-state index is 0.874. The summed E-state index contributed by atoms with van der Waals surface area (Å²) >= 11 is 5.35. The first-order valence-electron chi connectivity index (χ1n) is 6.75. The zero-order valence-corrected chi connectivity index (χ0v) is 13.7. The summed E-state index contributed by atoms with van der Waals surface area (Å²) in [5, 5.41) is 7.19. The second-order valence-corrected chi connectivity index (χ2v) is 6.59. The summed E-state index contributed by atoms with van der Waals surface area (Å²) in [5.41, 5.74) is 3.94. The van der Waals surface area contributed by atoms with E-state index in [1.54, 1.807) is 0 Å². The Balaban J connectivity index is 1.83. The fourth-order valence-electron chi connectivity index (χ4n) is 2.39. The minimum Gasteiger partial charge on any atom is -0.381 e. The van der Waals surface area contributed by atoms with Crippen molar-refractivity contribution in [3.05, 3.63) is 63.4 Å². The van der Waals surface area contributed by atoms with Crippen LogP contribution in [0.1, 0.15) is 18.1 Å². The molecule has 3 rings (SSSR count). The highest BCUT2D eigenvalue weighted by Crippen LogP contribution is 2.27. The van der Waals surface area contributed by atoms with Gasteiger partial charge in [-0.25, -0.2) is 0 Å². The molecule has 0 aliphatic heterocycles. The number of benzene rings is 2. The zero-order chi connectivity index (χ0) is 13.9. The molecule has 0 aliphatic carbocycles. The average molecular weight is 346 g/mol. The molecular formula is C17H16BrNS. The van der Waals surface area contributed by atoms with E-state index < -0.39 is 0 Å². The number of hydrogen-bond acceptors (Lipinski definition) is 2. The minimum atomic E-state index is 0.874. The number of rotatable bonds is 4. The second kappa shape index (κ2) is 5.98. The normalized spacial score (nSPS) is 10.9. The van der Waals surface area contributed by atoms with Crippen LogP contribution in [0.15, 0.2) is 52.3 Å². The van der Waals surface area contributed by atoms with Crippen molar-refractivity contribution in [2.24, 2.45) is 0 Å². The van der Waals surface area contributed by atoms with Gasteiger partial charge in [0.25, 0.3) is 0 Å². The Morgan fingerprint density at radius 3 is 2.80 bits per heavy atom. The first-order valence-corrected chi connectivity index (χ1v) is 8.42. The van der Waals surface area contributed by atoms with Gasteiger partial charge in [0.2, 0.25) is 0 Å². The summed E-state index contributed by atoms with van der Waals surface area (Å²) in [4.78, 5) is 0. The van der Waals surface area contributed by atoms with Crippen LogP contribution in [0.25, 0.3) is 10.1 Å². The van der Waals surface area contributed by atoms with E-state index in [0.717, 1.165) is 17.4 Å². The van der Waals surface area contributed by atoms with Crippen LogP contribution < -0.4 is 5.32 Å². The van der Waals surface area contributed by atoms with Crippen LogP contribution in [0.4, 0.5) is 5.69 Å². The first kappa shape index (κ1) is 13.7. The van der Waals surface area contributed by atoms with Crippen molar-refractivity contribution in [3.8, 4) is 0 Å². The van der Waals surface area contributed by atoms with Gasteiger partial charge in [-0.15, -0.1) is 11.3 Å². The summed E-state index contributed by atoms with van der Waals surface area (Å²) in [5.74, 6) is 0. The Labute approximate surface area is 131 Å². The molecule has 0 atom stereocenters. The highest BCUT2D eigenvalue weighted by atomic mass is 79.9. The van der Waals surface area contributed by atoms with Crippen molar-refractivity contribution in [1.29, 1.82) is 0 Å². The highest BCUT2D eigenvalue weighted by molar-refractivity contribution is 9.10. The number of anilines is 1. The Hall–Kier alpha value is -1.32. The number of fused-ring (bicyclic) bond motifs is 1. The molecular weight excluding hydrogens is 330 g/mol. The molecule has 1 heterocycles. The van der Waals surface area contributed by atoms with Gasteiger partial charge in [-0.05, 0) is 52.6 Å². The third-order valence-corrected chi connectivity index (χ3v) is 4.98. The topological polar surface area (TPSA) is 12.0 Å². The molecule has 0 saturated heterocycles. The fourth-order valence-corrected chi connectivity index (χ4v) is 3.76. The molecule has 0 radical (unpaired) electrons. The molecule has 0 saturated carbocycles. The molecule has 0 aliphatic rings. The van der Waals surface area contributed by atoms with Crippen LogP contribution in [-0.2, 0) is 13.0 Å². The van der Waals surface area contributed by atoms with Crippen molar-refractivity contribution < 1.29 is 0 Å². The predicted molar refractivity (Wildman–Crippen MR) is 92.7 cm³/mol. The average Bonchev–Trinajstić information content (AvgIpc) is 2.89. The van der Waals surface area contributed by atoms with Crippen LogP contribution in [0.2, 0.25) is 0 Å². The lowest BCUT2D eigenvalue weighted by Gasteiger charge is -2.11. The third kappa shape index (κ3) is 2.74. The van der Waals surface area contributed by atoms with Crippen LogP contribution in [0.3, 0.4) is 0 Å². The highest BCUT2D eigenvalue weighted by Gasteiger charge is 2.05. The molecule has 1 aromatic heterocycles. The zero-order valence-electron chi connectivity index (χ0n) is 11.3. The van der Waals surface area contributed by atoms with Crippen LogP contribution >= 0.6 is 27.3 Å². The van der Waals surface area contributed by atoms with Crippen molar-refractivity contribution in [3.63, 3.8) is 0 Å². The number of aryl methyl sites for hydroxylation is 1. The van der Waals surface area contributed by atoms with E-state index in [4.69, 9.17) is 0 Å². The Morgan fingerprint density at radius 2 is 1.95 bits per heavy atom. The Morgan fingerprint density at radius 1 is 1.10 bits per heavy atom. The maximum Gasteiger partial charge on any atom is 0.0415 e. The maximum absolute atomic E-state index is 3.57. The lowest BCUT2D eigenvalue weighted by atomic mass is 10.1.